The number of carbonyl (C=O) groups is 1. The van der Waals surface area contributed by atoms with Gasteiger partial charge in [0.2, 0.25) is 5.91 Å². The minimum absolute atomic E-state index is 0.130. The van der Waals surface area contributed by atoms with Crippen LogP contribution in [0.25, 0.3) is 11.6 Å². The fourth-order valence-corrected chi connectivity index (χ4v) is 2.38. The number of rotatable bonds is 6. The summed E-state index contributed by atoms with van der Waals surface area (Å²) in [5.41, 5.74) is 7.62. The molecule has 2 rings (SSSR count). The topological polar surface area (TPSA) is 104 Å². The third-order valence-electron chi connectivity index (χ3n) is 3.64. The fourth-order valence-electron chi connectivity index (χ4n) is 2.38. The van der Waals surface area contributed by atoms with E-state index in [4.69, 9.17) is 11.1 Å². The van der Waals surface area contributed by atoms with Gasteiger partial charge in [-0.05, 0) is 43.1 Å². The Bertz CT molecular complexity index is 588. The van der Waals surface area contributed by atoms with Crippen LogP contribution in [0.1, 0.15) is 17.5 Å². The number of amides is 1. The summed E-state index contributed by atoms with van der Waals surface area (Å²) in [4.78, 5) is 15.9. The predicted molar refractivity (Wildman–Crippen MR) is 88.2 cm³/mol. The Labute approximate surface area is 130 Å². The van der Waals surface area contributed by atoms with Crippen LogP contribution in [0.3, 0.4) is 0 Å². The van der Waals surface area contributed by atoms with Gasteiger partial charge >= 0.3 is 0 Å². The Kier molecular flexibility index (Phi) is 5.85. The lowest BCUT2D eigenvalue weighted by atomic mass is 10.0. The highest BCUT2D eigenvalue weighted by atomic mass is 16.1. The van der Waals surface area contributed by atoms with Gasteiger partial charge < -0.3 is 21.8 Å². The van der Waals surface area contributed by atoms with Gasteiger partial charge in [0.05, 0.1) is 0 Å². The molecule has 0 spiro atoms. The van der Waals surface area contributed by atoms with Gasteiger partial charge in [-0.25, -0.2) is 0 Å². The van der Waals surface area contributed by atoms with Gasteiger partial charge in [0, 0.05) is 48.6 Å². The summed E-state index contributed by atoms with van der Waals surface area (Å²) in [6, 6.07) is 1.77. The Morgan fingerprint density at radius 1 is 1.59 bits per heavy atom. The Balaban J connectivity index is 2.00. The zero-order chi connectivity index (χ0) is 15.8. The van der Waals surface area contributed by atoms with E-state index in [1.54, 1.807) is 24.5 Å². The van der Waals surface area contributed by atoms with E-state index < -0.39 is 0 Å². The smallest absolute Gasteiger partial charge is 0.244 e. The maximum Gasteiger partial charge on any atom is 0.244 e. The van der Waals surface area contributed by atoms with Crippen molar-refractivity contribution in [2.24, 2.45) is 11.7 Å². The summed E-state index contributed by atoms with van der Waals surface area (Å²) < 4.78 is 0. The van der Waals surface area contributed by atoms with E-state index in [2.05, 4.69) is 15.6 Å². The second kappa shape index (κ2) is 8.09. The number of nitrogens with zero attached hydrogens (tertiary/aromatic N) is 1. The van der Waals surface area contributed by atoms with Crippen LogP contribution in [-0.2, 0) is 4.79 Å². The summed E-state index contributed by atoms with van der Waals surface area (Å²) in [6.45, 7) is 2.67. The molecular weight excluding hydrogens is 278 g/mol. The zero-order valence-corrected chi connectivity index (χ0v) is 12.4. The minimum atomic E-state index is -0.130. The summed E-state index contributed by atoms with van der Waals surface area (Å²) >= 11 is 0. The predicted octanol–water partition coefficient (Wildman–Crippen LogP) is 0.770. The SMILES string of the molecule is N=C/C(=C\N)c1ccncc1/C=C/C(=O)NCC1CCNC1. The molecule has 0 bridgehead atoms. The molecule has 1 aliphatic heterocycles. The Morgan fingerprint density at radius 2 is 2.45 bits per heavy atom. The molecule has 1 amide bonds. The molecule has 1 aliphatic rings. The Hall–Kier alpha value is -2.47. The summed E-state index contributed by atoms with van der Waals surface area (Å²) in [5.74, 6) is 0.380. The van der Waals surface area contributed by atoms with Crippen molar-refractivity contribution in [3.05, 3.63) is 41.9 Å². The number of aromatic nitrogens is 1. The maximum absolute atomic E-state index is 11.9. The van der Waals surface area contributed by atoms with Gasteiger partial charge in [0.1, 0.15) is 0 Å². The molecule has 22 heavy (non-hydrogen) atoms. The number of allylic oxidation sites excluding steroid dienone is 1. The molecule has 1 unspecified atom stereocenters. The first kappa shape index (κ1) is 15.9. The standard InChI is InChI=1S/C16H21N5O/c17-7-14(8-18)15-4-6-20-11-13(15)1-2-16(22)21-10-12-3-5-19-9-12/h1-2,4,6-8,11-12,17,19H,3,5,9-10,18H2,(H,21,22)/b2-1+,14-8+,17-7?. The first-order valence-corrected chi connectivity index (χ1v) is 7.28. The molecule has 1 fully saturated rings. The quantitative estimate of drug-likeness (QED) is 0.460. The van der Waals surface area contributed by atoms with E-state index in [1.807, 2.05) is 0 Å². The molecular formula is C16H21N5O. The van der Waals surface area contributed by atoms with Crippen LogP contribution in [-0.4, -0.2) is 36.7 Å². The number of pyridine rings is 1. The van der Waals surface area contributed by atoms with Crippen molar-refractivity contribution >= 4 is 23.8 Å². The second-order valence-electron chi connectivity index (χ2n) is 5.17. The molecule has 0 saturated carbocycles. The van der Waals surface area contributed by atoms with Crippen molar-refractivity contribution in [1.29, 1.82) is 5.41 Å². The number of nitrogens with one attached hydrogen (secondary N) is 3. The van der Waals surface area contributed by atoms with E-state index in [9.17, 15) is 4.79 Å². The molecule has 116 valence electrons. The molecule has 2 heterocycles. The van der Waals surface area contributed by atoms with Gasteiger partial charge in [0.25, 0.3) is 0 Å². The molecule has 5 N–H and O–H groups in total. The van der Waals surface area contributed by atoms with Crippen molar-refractivity contribution in [2.75, 3.05) is 19.6 Å². The molecule has 1 atom stereocenters. The van der Waals surface area contributed by atoms with E-state index in [-0.39, 0.29) is 5.91 Å². The molecule has 0 aromatic carbocycles. The van der Waals surface area contributed by atoms with Gasteiger partial charge in [-0.3, -0.25) is 9.78 Å². The van der Waals surface area contributed by atoms with E-state index >= 15 is 0 Å². The van der Waals surface area contributed by atoms with Crippen LogP contribution in [0.15, 0.2) is 30.7 Å². The van der Waals surface area contributed by atoms with Crippen molar-refractivity contribution in [3.63, 3.8) is 0 Å². The monoisotopic (exact) mass is 299 g/mol. The third-order valence-corrected chi connectivity index (χ3v) is 3.64. The maximum atomic E-state index is 11.9. The molecule has 6 nitrogen and oxygen atoms in total. The molecule has 0 radical (unpaired) electrons. The van der Waals surface area contributed by atoms with Crippen LogP contribution in [0.5, 0.6) is 0 Å². The molecule has 6 heteroatoms. The average Bonchev–Trinajstić information content (AvgIpc) is 3.06. The molecule has 1 aromatic heterocycles. The first-order chi connectivity index (χ1) is 10.7. The van der Waals surface area contributed by atoms with Crippen LogP contribution in [0, 0.1) is 11.3 Å². The largest absolute Gasteiger partial charge is 0.404 e. The van der Waals surface area contributed by atoms with Crippen LogP contribution in [0.4, 0.5) is 0 Å². The van der Waals surface area contributed by atoms with Crippen molar-refractivity contribution in [1.82, 2.24) is 15.6 Å². The van der Waals surface area contributed by atoms with Crippen molar-refractivity contribution < 1.29 is 4.79 Å². The highest BCUT2D eigenvalue weighted by Crippen LogP contribution is 2.17. The lowest BCUT2D eigenvalue weighted by Gasteiger charge is -2.08. The van der Waals surface area contributed by atoms with E-state index in [1.165, 1.54) is 18.5 Å². The second-order valence-corrected chi connectivity index (χ2v) is 5.17. The van der Waals surface area contributed by atoms with Crippen molar-refractivity contribution in [2.45, 2.75) is 6.42 Å². The van der Waals surface area contributed by atoms with Gasteiger partial charge in [0.15, 0.2) is 0 Å². The summed E-state index contributed by atoms with van der Waals surface area (Å²) in [7, 11) is 0. The molecule has 0 aliphatic carbocycles. The minimum Gasteiger partial charge on any atom is -0.404 e. The normalized spacial score (nSPS) is 18.5. The number of carbonyl (C=O) groups excluding carboxylic acids is 1. The average molecular weight is 299 g/mol. The fraction of sp³-hybridized carbons (Fsp3) is 0.312. The number of nitrogens with two attached hydrogens (primary N) is 1. The van der Waals surface area contributed by atoms with Crippen LogP contribution in [0.2, 0.25) is 0 Å². The highest BCUT2D eigenvalue weighted by Gasteiger charge is 2.14. The molecule has 1 aromatic rings. The van der Waals surface area contributed by atoms with Crippen LogP contribution < -0.4 is 16.4 Å². The van der Waals surface area contributed by atoms with Gasteiger partial charge in [-0.15, -0.1) is 0 Å². The first-order valence-electron chi connectivity index (χ1n) is 7.28. The highest BCUT2D eigenvalue weighted by molar-refractivity contribution is 6.09. The van der Waals surface area contributed by atoms with Gasteiger partial charge in [-0.1, -0.05) is 0 Å². The third kappa shape index (κ3) is 4.26. The Morgan fingerprint density at radius 3 is 3.14 bits per heavy atom. The van der Waals surface area contributed by atoms with E-state index in [0.29, 0.717) is 18.0 Å². The molecule has 1 saturated heterocycles. The lowest BCUT2D eigenvalue weighted by molar-refractivity contribution is -0.116. The summed E-state index contributed by atoms with van der Waals surface area (Å²) in [6.07, 6.45) is 10.1. The number of hydrogen-bond donors (Lipinski definition) is 4. The van der Waals surface area contributed by atoms with Gasteiger partial charge in [-0.2, -0.15) is 0 Å². The zero-order valence-electron chi connectivity index (χ0n) is 12.4. The summed E-state index contributed by atoms with van der Waals surface area (Å²) in [5, 5.41) is 13.5. The number of hydrogen-bond acceptors (Lipinski definition) is 5. The van der Waals surface area contributed by atoms with E-state index in [0.717, 1.165) is 30.6 Å². The lowest BCUT2D eigenvalue weighted by Crippen LogP contribution is -2.28. The van der Waals surface area contributed by atoms with Crippen LogP contribution >= 0.6 is 0 Å². The van der Waals surface area contributed by atoms with Crippen molar-refractivity contribution in [3.8, 4) is 0 Å².